The van der Waals surface area contributed by atoms with Crippen LogP contribution in [-0.2, 0) is 4.74 Å². The van der Waals surface area contributed by atoms with Crippen molar-refractivity contribution in [2.45, 2.75) is 32.6 Å². The van der Waals surface area contributed by atoms with E-state index >= 15 is 0 Å². The number of unbranched alkanes of at least 4 members (excludes halogenated alkanes) is 2. The summed E-state index contributed by atoms with van der Waals surface area (Å²) in [6, 6.07) is 0. The molecule has 0 aromatic carbocycles. The lowest BCUT2D eigenvalue weighted by Crippen LogP contribution is -2.18. The van der Waals surface area contributed by atoms with Crippen molar-refractivity contribution in [2.24, 2.45) is 5.10 Å². The highest BCUT2D eigenvalue weighted by molar-refractivity contribution is 5.68. The van der Waals surface area contributed by atoms with Gasteiger partial charge >= 0.3 is 6.09 Å². The van der Waals surface area contributed by atoms with Gasteiger partial charge in [-0.2, -0.15) is 5.10 Å². The molecule has 0 saturated heterocycles. The van der Waals surface area contributed by atoms with Crippen LogP contribution in [0, 0.1) is 0 Å². The molecular weight excluding hydrogens is 206 g/mol. The fourth-order valence-electron chi connectivity index (χ4n) is 0.958. The molecule has 92 valence electrons. The molecule has 0 aliphatic heterocycles. The van der Waals surface area contributed by atoms with Crippen LogP contribution < -0.4 is 10.7 Å². The number of carbonyl (C=O) groups is 1. The number of carbonyl (C=O) groups excluding carboxylic acids is 1. The van der Waals surface area contributed by atoms with Crippen molar-refractivity contribution >= 4 is 12.3 Å². The second-order valence-electron chi connectivity index (χ2n) is 3.16. The van der Waals surface area contributed by atoms with Crippen LogP contribution in [0.4, 0.5) is 4.79 Å². The van der Waals surface area contributed by atoms with Gasteiger partial charge in [0.2, 0.25) is 0 Å². The van der Waals surface area contributed by atoms with Crippen molar-refractivity contribution in [3.8, 4) is 0 Å². The summed E-state index contributed by atoms with van der Waals surface area (Å²) in [7, 11) is 1.73. The number of allylic oxidation sites excluding steroid dienone is 1. The van der Waals surface area contributed by atoms with Crippen LogP contribution in [-0.4, -0.2) is 26.0 Å². The molecule has 0 aromatic heterocycles. The van der Waals surface area contributed by atoms with E-state index in [9.17, 15) is 4.79 Å². The summed E-state index contributed by atoms with van der Waals surface area (Å²) in [5, 5.41) is 6.30. The van der Waals surface area contributed by atoms with Gasteiger partial charge < -0.3 is 10.2 Å². The zero-order valence-corrected chi connectivity index (χ0v) is 10.0. The van der Waals surface area contributed by atoms with Crippen LogP contribution in [0.15, 0.2) is 17.4 Å². The molecule has 0 fully saturated rings. The number of ether oxygens (including phenoxy) is 1. The Kier molecular flexibility index (Phi) is 10.5. The highest BCUT2D eigenvalue weighted by Gasteiger charge is 1.96. The van der Waals surface area contributed by atoms with E-state index in [1.54, 1.807) is 25.5 Å². The molecule has 0 unspecified atom stereocenters. The standard InChI is InChI=1S/C11H21N3O2/c1-3-4-7-10-16-11(15)13-8-5-6-9-14-12-2/h5,8-9,12H,3-4,6-7,10H2,1-2H3,(H,13,15)/b8-5+,14-9+. The first-order valence-electron chi connectivity index (χ1n) is 5.57. The molecule has 0 aliphatic rings. The van der Waals surface area contributed by atoms with Gasteiger partial charge in [-0.3, -0.25) is 5.32 Å². The van der Waals surface area contributed by atoms with E-state index in [4.69, 9.17) is 4.74 Å². The molecule has 0 saturated carbocycles. The van der Waals surface area contributed by atoms with Crippen molar-refractivity contribution in [3.05, 3.63) is 12.3 Å². The maximum atomic E-state index is 11.1. The van der Waals surface area contributed by atoms with Crippen LogP contribution in [0.3, 0.4) is 0 Å². The minimum Gasteiger partial charge on any atom is -0.449 e. The van der Waals surface area contributed by atoms with Gasteiger partial charge in [-0.05, 0) is 6.42 Å². The van der Waals surface area contributed by atoms with E-state index in [-0.39, 0.29) is 0 Å². The lowest BCUT2D eigenvalue weighted by molar-refractivity contribution is 0.148. The lowest BCUT2D eigenvalue weighted by atomic mass is 10.3. The molecule has 0 aromatic rings. The summed E-state index contributed by atoms with van der Waals surface area (Å²) >= 11 is 0. The topological polar surface area (TPSA) is 62.7 Å². The fourth-order valence-corrected chi connectivity index (χ4v) is 0.958. The van der Waals surface area contributed by atoms with Crippen molar-refractivity contribution in [2.75, 3.05) is 13.7 Å². The summed E-state index contributed by atoms with van der Waals surface area (Å²) < 4.78 is 4.92. The molecule has 0 radical (unpaired) electrons. The average Bonchev–Trinajstić information content (AvgIpc) is 2.29. The summed E-state index contributed by atoms with van der Waals surface area (Å²) in [5.41, 5.74) is 2.63. The Morgan fingerprint density at radius 2 is 2.25 bits per heavy atom. The molecule has 5 heteroatoms. The first-order chi connectivity index (χ1) is 7.81. The number of hydrogen-bond acceptors (Lipinski definition) is 4. The van der Waals surface area contributed by atoms with E-state index in [2.05, 4.69) is 22.8 Å². The fraction of sp³-hybridized carbons (Fsp3) is 0.636. The lowest BCUT2D eigenvalue weighted by Gasteiger charge is -2.02. The third-order valence-electron chi connectivity index (χ3n) is 1.76. The Labute approximate surface area is 96.9 Å². The van der Waals surface area contributed by atoms with Gasteiger partial charge in [-0.1, -0.05) is 25.8 Å². The van der Waals surface area contributed by atoms with Crippen LogP contribution in [0.25, 0.3) is 0 Å². The maximum absolute atomic E-state index is 11.1. The molecule has 0 atom stereocenters. The SMILES string of the molecule is CCCCCOC(=O)N/C=C/C/C=N/NC. The third-order valence-corrected chi connectivity index (χ3v) is 1.76. The molecule has 0 heterocycles. The van der Waals surface area contributed by atoms with Crippen molar-refractivity contribution in [3.63, 3.8) is 0 Å². The molecular formula is C11H21N3O2. The van der Waals surface area contributed by atoms with Gasteiger partial charge in [0.25, 0.3) is 0 Å². The van der Waals surface area contributed by atoms with Gasteiger partial charge in [0.15, 0.2) is 0 Å². The Morgan fingerprint density at radius 1 is 1.44 bits per heavy atom. The Bertz CT molecular complexity index is 227. The van der Waals surface area contributed by atoms with Crippen molar-refractivity contribution in [1.29, 1.82) is 0 Å². The predicted molar refractivity (Wildman–Crippen MR) is 65.3 cm³/mol. The Morgan fingerprint density at radius 3 is 2.94 bits per heavy atom. The molecule has 5 nitrogen and oxygen atoms in total. The summed E-state index contributed by atoms with van der Waals surface area (Å²) in [5.74, 6) is 0. The van der Waals surface area contributed by atoms with Crippen LogP contribution in [0.2, 0.25) is 0 Å². The highest BCUT2D eigenvalue weighted by Crippen LogP contribution is 1.94. The first-order valence-corrected chi connectivity index (χ1v) is 5.57. The summed E-state index contributed by atoms with van der Waals surface area (Å²) in [4.78, 5) is 11.1. The Balaban J connectivity index is 3.38. The van der Waals surface area contributed by atoms with E-state index in [0.29, 0.717) is 13.0 Å². The number of nitrogens with zero attached hydrogens (tertiary/aromatic N) is 1. The number of alkyl carbamates (subject to hydrolysis) is 1. The van der Waals surface area contributed by atoms with E-state index < -0.39 is 6.09 Å². The quantitative estimate of drug-likeness (QED) is 0.379. The second kappa shape index (κ2) is 11.6. The van der Waals surface area contributed by atoms with Gasteiger partial charge in [0, 0.05) is 25.9 Å². The van der Waals surface area contributed by atoms with E-state index in [1.807, 2.05) is 0 Å². The van der Waals surface area contributed by atoms with Crippen molar-refractivity contribution < 1.29 is 9.53 Å². The minimum atomic E-state index is -0.405. The van der Waals surface area contributed by atoms with E-state index in [1.165, 1.54) is 0 Å². The smallest absolute Gasteiger partial charge is 0.411 e. The number of rotatable bonds is 8. The number of amides is 1. The maximum Gasteiger partial charge on any atom is 0.411 e. The molecule has 0 rings (SSSR count). The summed E-state index contributed by atoms with van der Waals surface area (Å²) in [6.45, 7) is 2.59. The Hall–Kier alpha value is -1.52. The highest BCUT2D eigenvalue weighted by atomic mass is 16.5. The van der Waals surface area contributed by atoms with Gasteiger partial charge in [-0.15, -0.1) is 0 Å². The largest absolute Gasteiger partial charge is 0.449 e. The zero-order chi connectivity index (χ0) is 12.1. The number of nitrogens with one attached hydrogen (secondary N) is 2. The van der Waals surface area contributed by atoms with Gasteiger partial charge in [-0.25, -0.2) is 4.79 Å². The zero-order valence-electron chi connectivity index (χ0n) is 10.0. The number of hydrazone groups is 1. The predicted octanol–water partition coefficient (Wildman–Crippen LogP) is 2.01. The summed E-state index contributed by atoms with van der Waals surface area (Å²) in [6.07, 6.45) is 8.43. The molecule has 0 bridgehead atoms. The molecule has 1 amide bonds. The molecule has 0 spiro atoms. The van der Waals surface area contributed by atoms with Crippen molar-refractivity contribution in [1.82, 2.24) is 10.7 Å². The van der Waals surface area contributed by atoms with Crippen LogP contribution >= 0.6 is 0 Å². The first kappa shape index (κ1) is 14.5. The van der Waals surface area contributed by atoms with Crippen LogP contribution in [0.1, 0.15) is 32.6 Å². The third kappa shape index (κ3) is 10.6. The minimum absolute atomic E-state index is 0.405. The van der Waals surface area contributed by atoms with Gasteiger partial charge in [0.05, 0.1) is 6.61 Å². The van der Waals surface area contributed by atoms with Crippen LogP contribution in [0.5, 0.6) is 0 Å². The molecule has 0 aliphatic carbocycles. The number of hydrogen-bond donors (Lipinski definition) is 2. The molecule has 16 heavy (non-hydrogen) atoms. The average molecular weight is 227 g/mol. The second-order valence-corrected chi connectivity index (χ2v) is 3.16. The normalized spacial score (nSPS) is 10.9. The molecule has 2 N–H and O–H groups in total. The van der Waals surface area contributed by atoms with E-state index in [0.717, 1.165) is 19.3 Å². The monoisotopic (exact) mass is 227 g/mol. The van der Waals surface area contributed by atoms with Gasteiger partial charge in [0.1, 0.15) is 0 Å².